The second-order valence-corrected chi connectivity index (χ2v) is 4.10. The van der Waals surface area contributed by atoms with Crippen molar-refractivity contribution in [3.05, 3.63) is 21.0 Å². The smallest absolute Gasteiger partial charge is 0.477 e. The second kappa shape index (κ2) is 5.25. The van der Waals surface area contributed by atoms with Gasteiger partial charge in [0.15, 0.2) is 11.4 Å². The highest BCUT2D eigenvalue weighted by molar-refractivity contribution is 14.1. The summed E-state index contributed by atoms with van der Waals surface area (Å²) in [5.74, 6) is -2.21. The van der Waals surface area contributed by atoms with E-state index in [0.717, 1.165) is 0 Å². The lowest BCUT2D eigenvalue weighted by molar-refractivity contribution is -0.275. The fourth-order valence-corrected chi connectivity index (χ4v) is 2.19. The highest BCUT2D eigenvalue weighted by Gasteiger charge is 2.33. The van der Waals surface area contributed by atoms with Gasteiger partial charge in [0.1, 0.15) is 0 Å². The first-order chi connectivity index (χ1) is 7.76. The summed E-state index contributed by atoms with van der Waals surface area (Å²) < 4.78 is 39.7. The Hall–Kier alpha value is -0.770. The molecule has 94 valence electrons. The van der Waals surface area contributed by atoms with Gasteiger partial charge in [-0.3, -0.25) is 0 Å². The van der Waals surface area contributed by atoms with Crippen molar-refractivity contribution < 1.29 is 27.8 Å². The van der Waals surface area contributed by atoms with Crippen molar-refractivity contribution in [1.82, 2.24) is 4.98 Å². The van der Waals surface area contributed by atoms with E-state index in [2.05, 4.69) is 9.72 Å². The molecule has 0 fully saturated rings. The Bertz CT molecular complexity index is 452. The van der Waals surface area contributed by atoms with Crippen molar-refractivity contribution in [2.75, 3.05) is 0 Å². The first-order valence-corrected chi connectivity index (χ1v) is 5.60. The maximum Gasteiger partial charge on any atom is 0.573 e. The van der Waals surface area contributed by atoms with Crippen LogP contribution in [0.3, 0.4) is 0 Å². The number of ether oxygens (including phenoxy) is 1. The number of rotatable bonds is 3. The van der Waals surface area contributed by atoms with E-state index in [0.29, 0.717) is 6.20 Å². The van der Waals surface area contributed by atoms with Gasteiger partial charge in [-0.1, -0.05) is 0 Å². The molecule has 0 aliphatic heterocycles. The molecule has 1 heterocycles. The minimum atomic E-state index is -4.87. The van der Waals surface area contributed by atoms with E-state index in [1.807, 2.05) is 0 Å². The molecule has 0 radical (unpaired) electrons. The Morgan fingerprint density at radius 2 is 2.18 bits per heavy atom. The summed E-state index contributed by atoms with van der Waals surface area (Å²) in [6, 6.07) is 0. The van der Waals surface area contributed by atoms with Gasteiger partial charge >= 0.3 is 12.3 Å². The average Bonchev–Trinajstić information content (AvgIpc) is 2.18. The molecule has 0 spiro atoms. The van der Waals surface area contributed by atoms with Crippen molar-refractivity contribution in [1.29, 1.82) is 0 Å². The molecule has 0 saturated heterocycles. The zero-order chi connectivity index (χ0) is 13.2. The molecule has 0 bridgehead atoms. The number of hydrogen-bond acceptors (Lipinski definition) is 3. The van der Waals surface area contributed by atoms with E-state index in [9.17, 15) is 18.0 Å². The van der Waals surface area contributed by atoms with Gasteiger partial charge in [-0.15, -0.1) is 24.8 Å². The van der Waals surface area contributed by atoms with Crippen LogP contribution in [0.4, 0.5) is 13.2 Å². The minimum absolute atomic E-state index is 0.0125. The Morgan fingerprint density at radius 3 is 2.59 bits per heavy atom. The maximum atomic E-state index is 12.0. The number of pyridine rings is 1. The molecule has 17 heavy (non-hydrogen) atoms. The lowest BCUT2D eigenvalue weighted by Crippen LogP contribution is -2.19. The van der Waals surface area contributed by atoms with Crippen LogP contribution < -0.4 is 4.74 Å². The van der Waals surface area contributed by atoms with Crippen molar-refractivity contribution in [3.63, 3.8) is 0 Å². The lowest BCUT2D eigenvalue weighted by atomic mass is 10.2. The van der Waals surface area contributed by atoms with Gasteiger partial charge in [0, 0.05) is 5.56 Å². The predicted octanol–water partition coefficient (Wildman–Crippen LogP) is 3.02. The number of carboxylic acid groups (broad SMARTS) is 1. The number of aromatic carboxylic acids is 1. The third kappa shape index (κ3) is 3.60. The maximum absolute atomic E-state index is 12.0. The number of halogens is 5. The number of nitrogens with zero attached hydrogens (tertiary/aromatic N) is 1. The van der Waals surface area contributed by atoms with E-state index in [1.165, 1.54) is 22.6 Å². The molecular weight excluding hydrogens is 377 g/mol. The summed E-state index contributed by atoms with van der Waals surface area (Å²) >= 11 is 7.01. The van der Waals surface area contributed by atoms with Crippen molar-refractivity contribution in [3.8, 4) is 5.75 Å². The van der Waals surface area contributed by atoms with E-state index in [-0.39, 0.29) is 20.7 Å². The zero-order valence-corrected chi connectivity index (χ0v) is 10.8. The first kappa shape index (κ1) is 14.3. The molecule has 0 amide bonds. The van der Waals surface area contributed by atoms with Gasteiger partial charge in [-0.05, 0) is 22.6 Å². The van der Waals surface area contributed by atoms with Gasteiger partial charge in [0.2, 0.25) is 0 Å². The SMILES string of the molecule is O=C(O)c1ncc(OC(F)(F)F)c(I)c1CCl. The summed E-state index contributed by atoms with van der Waals surface area (Å²) in [4.78, 5) is 14.1. The third-order valence-corrected chi connectivity index (χ3v) is 3.09. The van der Waals surface area contributed by atoms with E-state index >= 15 is 0 Å². The van der Waals surface area contributed by atoms with Crippen molar-refractivity contribution >= 4 is 40.2 Å². The summed E-state index contributed by atoms with van der Waals surface area (Å²) in [6.07, 6.45) is -4.16. The Morgan fingerprint density at radius 1 is 1.59 bits per heavy atom. The summed E-state index contributed by atoms with van der Waals surface area (Å²) in [7, 11) is 0. The molecule has 1 aromatic rings. The van der Waals surface area contributed by atoms with Crippen LogP contribution in [0.1, 0.15) is 16.1 Å². The van der Waals surface area contributed by atoms with Crippen LogP contribution in [-0.4, -0.2) is 22.4 Å². The molecule has 0 aliphatic carbocycles. The van der Waals surface area contributed by atoms with Gasteiger partial charge in [0.25, 0.3) is 0 Å². The minimum Gasteiger partial charge on any atom is -0.477 e. The van der Waals surface area contributed by atoms with Gasteiger partial charge in [0.05, 0.1) is 15.6 Å². The topological polar surface area (TPSA) is 59.4 Å². The number of aromatic nitrogens is 1. The van der Waals surface area contributed by atoms with Crippen molar-refractivity contribution in [2.24, 2.45) is 0 Å². The standard InChI is InChI=1S/C8H4ClF3INO3/c9-1-3-5(13)4(17-8(10,11)12)2-14-6(3)7(15)16/h2H,1H2,(H,15,16). The Labute approximate surface area is 112 Å². The van der Waals surface area contributed by atoms with Gasteiger partial charge < -0.3 is 9.84 Å². The summed E-state index contributed by atoms with van der Waals surface area (Å²) in [5.41, 5.74) is -0.402. The second-order valence-electron chi connectivity index (χ2n) is 2.75. The summed E-state index contributed by atoms with van der Waals surface area (Å²) in [5, 5.41) is 8.76. The Kier molecular flexibility index (Phi) is 4.42. The quantitative estimate of drug-likeness (QED) is 0.646. The van der Waals surface area contributed by atoms with Crippen molar-refractivity contribution in [2.45, 2.75) is 12.2 Å². The number of alkyl halides is 4. The van der Waals surface area contributed by atoms with Gasteiger partial charge in [-0.2, -0.15) is 0 Å². The van der Waals surface area contributed by atoms with Crippen LogP contribution in [0, 0.1) is 3.57 Å². The summed E-state index contributed by atoms with van der Waals surface area (Å²) in [6.45, 7) is 0. The fourth-order valence-electron chi connectivity index (χ4n) is 1.01. The monoisotopic (exact) mass is 381 g/mol. The first-order valence-electron chi connectivity index (χ1n) is 3.98. The van der Waals surface area contributed by atoms with Crippen LogP contribution in [0.15, 0.2) is 6.20 Å². The fraction of sp³-hybridized carbons (Fsp3) is 0.250. The average molecular weight is 381 g/mol. The number of carbonyl (C=O) groups is 1. The highest BCUT2D eigenvalue weighted by Crippen LogP contribution is 2.31. The molecular formula is C8H4ClF3INO3. The molecule has 1 N–H and O–H groups in total. The van der Waals surface area contributed by atoms with E-state index in [4.69, 9.17) is 16.7 Å². The normalized spacial score (nSPS) is 11.4. The molecule has 0 saturated carbocycles. The van der Waals surface area contributed by atoms with Crippen LogP contribution in [-0.2, 0) is 5.88 Å². The number of carboxylic acids is 1. The zero-order valence-electron chi connectivity index (χ0n) is 7.89. The molecule has 9 heteroatoms. The highest BCUT2D eigenvalue weighted by atomic mass is 127. The van der Waals surface area contributed by atoms with E-state index < -0.39 is 18.1 Å². The molecule has 0 aromatic carbocycles. The molecule has 0 atom stereocenters. The van der Waals surface area contributed by atoms with Crippen LogP contribution >= 0.6 is 34.2 Å². The molecule has 1 aromatic heterocycles. The van der Waals surface area contributed by atoms with Crippen LogP contribution in [0.2, 0.25) is 0 Å². The van der Waals surface area contributed by atoms with Gasteiger partial charge in [-0.25, -0.2) is 9.78 Å². The molecule has 4 nitrogen and oxygen atoms in total. The molecule has 1 rings (SSSR count). The predicted molar refractivity (Wildman–Crippen MR) is 60.2 cm³/mol. The largest absolute Gasteiger partial charge is 0.573 e. The molecule has 0 unspecified atom stereocenters. The molecule has 0 aliphatic rings. The third-order valence-electron chi connectivity index (χ3n) is 1.64. The van der Waals surface area contributed by atoms with Crippen LogP contribution in [0.25, 0.3) is 0 Å². The Balaban J connectivity index is 3.25. The number of hydrogen-bond donors (Lipinski definition) is 1. The lowest BCUT2D eigenvalue weighted by Gasteiger charge is -2.13. The van der Waals surface area contributed by atoms with Crippen LogP contribution in [0.5, 0.6) is 5.75 Å². The van der Waals surface area contributed by atoms with E-state index in [1.54, 1.807) is 0 Å².